The Morgan fingerprint density at radius 2 is 1.92 bits per heavy atom. The number of nitrogens with one attached hydrogen (secondary N) is 1. The second-order valence-corrected chi connectivity index (χ2v) is 6.47. The number of aliphatic hydroxyl groups excluding tert-OH is 1. The molecule has 0 aliphatic heterocycles. The highest BCUT2D eigenvalue weighted by molar-refractivity contribution is 5.62. The Bertz CT molecular complexity index is 784. The molecule has 2 N–H and O–H groups in total. The van der Waals surface area contributed by atoms with Crippen molar-refractivity contribution < 1.29 is 5.11 Å². The highest BCUT2D eigenvalue weighted by atomic mass is 16.3. The van der Waals surface area contributed by atoms with Crippen molar-refractivity contribution in [2.75, 3.05) is 6.54 Å². The average Bonchev–Trinajstić information content (AvgIpc) is 3.07. The fourth-order valence-electron chi connectivity index (χ4n) is 2.59. The number of aromatic nitrogens is 3. The molecule has 2 heterocycles. The minimum absolute atomic E-state index is 0.234. The van der Waals surface area contributed by atoms with Gasteiger partial charge in [-0.3, -0.25) is 4.98 Å². The minimum Gasteiger partial charge on any atom is -0.392 e. The molecule has 3 rings (SSSR count). The molecule has 1 atom stereocenters. The van der Waals surface area contributed by atoms with Crippen LogP contribution in [0.4, 0.5) is 0 Å². The van der Waals surface area contributed by atoms with Gasteiger partial charge < -0.3 is 10.4 Å². The summed E-state index contributed by atoms with van der Waals surface area (Å²) < 4.78 is 1.89. The Morgan fingerprint density at radius 3 is 2.60 bits per heavy atom. The van der Waals surface area contributed by atoms with Gasteiger partial charge in [0.25, 0.3) is 0 Å². The molecule has 3 aromatic rings. The fourth-order valence-corrected chi connectivity index (χ4v) is 2.59. The first-order valence-corrected chi connectivity index (χ1v) is 8.58. The van der Waals surface area contributed by atoms with Gasteiger partial charge in [0.15, 0.2) is 0 Å². The molecule has 0 aliphatic rings. The highest BCUT2D eigenvalue weighted by Crippen LogP contribution is 2.23. The normalized spacial score (nSPS) is 12.5. The lowest BCUT2D eigenvalue weighted by Gasteiger charge is -2.14. The molecule has 1 unspecified atom stereocenters. The van der Waals surface area contributed by atoms with E-state index in [1.165, 1.54) is 0 Å². The molecule has 2 aromatic heterocycles. The maximum atomic E-state index is 9.98. The van der Waals surface area contributed by atoms with E-state index in [2.05, 4.69) is 10.3 Å². The number of pyridine rings is 1. The van der Waals surface area contributed by atoms with E-state index in [4.69, 9.17) is 5.10 Å². The van der Waals surface area contributed by atoms with Crippen LogP contribution in [0, 0.1) is 5.92 Å². The Hall–Kier alpha value is -2.50. The zero-order chi connectivity index (χ0) is 17.6. The van der Waals surface area contributed by atoms with Crippen molar-refractivity contribution >= 4 is 0 Å². The largest absolute Gasteiger partial charge is 0.392 e. The first-order valence-electron chi connectivity index (χ1n) is 8.58. The third-order valence-corrected chi connectivity index (χ3v) is 4.18. The number of rotatable bonds is 7. The monoisotopic (exact) mass is 336 g/mol. The summed E-state index contributed by atoms with van der Waals surface area (Å²) >= 11 is 0. The molecule has 25 heavy (non-hydrogen) atoms. The number of nitrogens with zero attached hydrogens (tertiary/aromatic N) is 3. The SMILES string of the molecule is CC(C)C(O)CNCc1cn(-c2ccccc2)nc1-c1cccnc1. The van der Waals surface area contributed by atoms with Crippen LogP contribution in [0.25, 0.3) is 16.9 Å². The Labute approximate surface area is 148 Å². The van der Waals surface area contributed by atoms with Crippen LogP contribution in [0.5, 0.6) is 0 Å². The predicted molar refractivity (Wildman–Crippen MR) is 99.3 cm³/mol. The second kappa shape index (κ2) is 8.05. The van der Waals surface area contributed by atoms with Crippen molar-refractivity contribution in [2.45, 2.75) is 26.5 Å². The molecule has 5 nitrogen and oxygen atoms in total. The molecular weight excluding hydrogens is 312 g/mol. The van der Waals surface area contributed by atoms with E-state index in [-0.39, 0.29) is 12.0 Å². The Morgan fingerprint density at radius 1 is 1.12 bits per heavy atom. The van der Waals surface area contributed by atoms with Crippen LogP contribution in [0.3, 0.4) is 0 Å². The zero-order valence-corrected chi connectivity index (χ0v) is 14.6. The molecule has 0 amide bonds. The molecule has 0 spiro atoms. The van der Waals surface area contributed by atoms with Gasteiger partial charge in [-0.25, -0.2) is 4.68 Å². The second-order valence-electron chi connectivity index (χ2n) is 6.47. The van der Waals surface area contributed by atoms with Crippen LogP contribution in [0.15, 0.2) is 61.1 Å². The summed E-state index contributed by atoms with van der Waals surface area (Å²) in [5.74, 6) is 0.234. The number of aliphatic hydroxyl groups is 1. The smallest absolute Gasteiger partial charge is 0.0988 e. The van der Waals surface area contributed by atoms with E-state index < -0.39 is 0 Å². The van der Waals surface area contributed by atoms with Crippen molar-refractivity contribution in [3.63, 3.8) is 0 Å². The summed E-state index contributed by atoms with van der Waals surface area (Å²) in [6.07, 6.45) is 5.26. The summed E-state index contributed by atoms with van der Waals surface area (Å²) in [5, 5.41) is 18.1. The molecule has 0 bridgehead atoms. The van der Waals surface area contributed by atoms with Gasteiger partial charge in [0.2, 0.25) is 0 Å². The van der Waals surface area contributed by atoms with Gasteiger partial charge in [0, 0.05) is 42.8 Å². The van der Waals surface area contributed by atoms with Crippen molar-refractivity contribution in [3.05, 3.63) is 66.6 Å². The molecule has 0 saturated heterocycles. The van der Waals surface area contributed by atoms with Crippen LogP contribution >= 0.6 is 0 Å². The number of hydrogen-bond donors (Lipinski definition) is 2. The van der Waals surface area contributed by atoms with Gasteiger partial charge in [-0.2, -0.15) is 5.10 Å². The number of para-hydroxylation sites is 1. The molecule has 0 aliphatic carbocycles. The Balaban J connectivity index is 1.86. The predicted octanol–water partition coefficient (Wildman–Crippen LogP) is 3.04. The summed E-state index contributed by atoms with van der Waals surface area (Å²) in [7, 11) is 0. The van der Waals surface area contributed by atoms with E-state index in [0.29, 0.717) is 13.1 Å². The van der Waals surface area contributed by atoms with Gasteiger partial charge in [-0.05, 0) is 30.2 Å². The van der Waals surface area contributed by atoms with E-state index in [1.807, 2.05) is 73.4 Å². The summed E-state index contributed by atoms with van der Waals surface area (Å²) in [4.78, 5) is 4.21. The highest BCUT2D eigenvalue weighted by Gasteiger charge is 2.14. The lowest BCUT2D eigenvalue weighted by molar-refractivity contribution is 0.123. The molecule has 0 radical (unpaired) electrons. The first-order chi connectivity index (χ1) is 12.1. The summed E-state index contributed by atoms with van der Waals surface area (Å²) in [5.41, 5.74) is 3.98. The van der Waals surface area contributed by atoms with Crippen molar-refractivity contribution in [2.24, 2.45) is 5.92 Å². The summed E-state index contributed by atoms with van der Waals surface area (Å²) in [6.45, 7) is 5.23. The Kier molecular flexibility index (Phi) is 5.58. The lowest BCUT2D eigenvalue weighted by Crippen LogP contribution is -2.30. The van der Waals surface area contributed by atoms with E-state index in [1.54, 1.807) is 6.20 Å². The molecule has 0 saturated carbocycles. The van der Waals surface area contributed by atoms with Gasteiger partial charge in [0.05, 0.1) is 17.5 Å². The zero-order valence-electron chi connectivity index (χ0n) is 14.6. The average molecular weight is 336 g/mol. The third-order valence-electron chi connectivity index (χ3n) is 4.18. The molecular formula is C20H24N4O. The van der Waals surface area contributed by atoms with Gasteiger partial charge in [0.1, 0.15) is 0 Å². The molecule has 130 valence electrons. The molecule has 0 fully saturated rings. The van der Waals surface area contributed by atoms with E-state index in [9.17, 15) is 5.11 Å². The van der Waals surface area contributed by atoms with Crippen molar-refractivity contribution in [1.29, 1.82) is 0 Å². The van der Waals surface area contributed by atoms with Crippen LogP contribution in [-0.4, -0.2) is 32.5 Å². The topological polar surface area (TPSA) is 63.0 Å². The van der Waals surface area contributed by atoms with E-state index in [0.717, 1.165) is 22.5 Å². The molecule has 5 heteroatoms. The quantitative estimate of drug-likeness (QED) is 0.696. The van der Waals surface area contributed by atoms with Crippen LogP contribution in [-0.2, 0) is 6.54 Å². The van der Waals surface area contributed by atoms with Crippen LogP contribution < -0.4 is 5.32 Å². The first kappa shape index (κ1) is 17.3. The fraction of sp³-hybridized carbons (Fsp3) is 0.300. The number of hydrogen-bond acceptors (Lipinski definition) is 4. The standard InChI is InChI=1S/C20H24N4O/c1-15(2)19(25)13-22-12-17-14-24(18-8-4-3-5-9-18)23-20(17)16-7-6-10-21-11-16/h3-11,14-15,19,22,25H,12-13H2,1-2H3. The molecule has 1 aromatic carbocycles. The van der Waals surface area contributed by atoms with Crippen LogP contribution in [0.1, 0.15) is 19.4 Å². The summed E-state index contributed by atoms with van der Waals surface area (Å²) in [6, 6.07) is 14.0. The van der Waals surface area contributed by atoms with Crippen molar-refractivity contribution in [1.82, 2.24) is 20.1 Å². The third kappa shape index (κ3) is 4.32. The lowest BCUT2D eigenvalue weighted by atomic mass is 10.1. The van der Waals surface area contributed by atoms with Crippen molar-refractivity contribution in [3.8, 4) is 16.9 Å². The van der Waals surface area contributed by atoms with Gasteiger partial charge in [-0.1, -0.05) is 32.0 Å². The number of benzene rings is 1. The van der Waals surface area contributed by atoms with Crippen LogP contribution in [0.2, 0.25) is 0 Å². The maximum absolute atomic E-state index is 9.98. The maximum Gasteiger partial charge on any atom is 0.0988 e. The van der Waals surface area contributed by atoms with Gasteiger partial charge in [-0.15, -0.1) is 0 Å². The minimum atomic E-state index is -0.356. The van der Waals surface area contributed by atoms with Gasteiger partial charge >= 0.3 is 0 Å². The van der Waals surface area contributed by atoms with E-state index >= 15 is 0 Å².